The van der Waals surface area contributed by atoms with Crippen LogP contribution in [0.4, 0.5) is 5.82 Å². The van der Waals surface area contributed by atoms with E-state index in [-0.39, 0.29) is 12.5 Å². The lowest BCUT2D eigenvalue weighted by Gasteiger charge is -2.20. The Bertz CT molecular complexity index is 1120. The van der Waals surface area contributed by atoms with Crippen LogP contribution < -0.4 is 5.32 Å². The Balaban J connectivity index is 1.84. The Morgan fingerprint density at radius 2 is 1.55 bits per heavy atom. The van der Waals surface area contributed by atoms with Crippen molar-refractivity contribution in [2.24, 2.45) is 0 Å². The summed E-state index contributed by atoms with van der Waals surface area (Å²) < 4.78 is 2.20. The van der Waals surface area contributed by atoms with Crippen LogP contribution in [0.5, 0.6) is 0 Å². The van der Waals surface area contributed by atoms with Crippen LogP contribution in [-0.2, 0) is 17.8 Å². The molecule has 0 bridgehead atoms. The number of anilines is 1. The van der Waals surface area contributed by atoms with E-state index in [9.17, 15) is 9.90 Å². The van der Waals surface area contributed by atoms with Crippen molar-refractivity contribution in [3.05, 3.63) is 102 Å². The fourth-order valence-electron chi connectivity index (χ4n) is 3.83. The van der Waals surface area contributed by atoms with E-state index in [0.717, 1.165) is 27.8 Å². The molecule has 0 aliphatic rings. The molecule has 0 saturated heterocycles. The summed E-state index contributed by atoms with van der Waals surface area (Å²) in [5.74, 6) is 0.0387. The molecule has 4 rings (SSSR count). The van der Waals surface area contributed by atoms with E-state index in [2.05, 4.69) is 47.1 Å². The molecule has 0 aliphatic carbocycles. The van der Waals surface area contributed by atoms with Gasteiger partial charge in [-0.2, -0.15) is 0 Å². The third kappa shape index (κ3) is 4.02. The molecule has 0 spiro atoms. The molecule has 146 valence electrons. The van der Waals surface area contributed by atoms with Crippen LogP contribution in [-0.4, -0.2) is 15.6 Å². The first-order valence-corrected chi connectivity index (χ1v) is 9.81. The number of hydrogen-bond acceptors (Lipinski definition) is 2. The molecule has 3 aromatic carbocycles. The molecule has 1 heterocycles. The molecular formula is C25H24N2O2. The first kappa shape index (κ1) is 18.8. The van der Waals surface area contributed by atoms with Gasteiger partial charge in [0.25, 0.3) is 0 Å². The number of nitrogens with zero attached hydrogens (tertiary/aromatic N) is 1. The predicted molar refractivity (Wildman–Crippen MR) is 117 cm³/mol. The second-order valence-electron chi connectivity index (χ2n) is 7.26. The zero-order chi connectivity index (χ0) is 20.2. The Kier molecular flexibility index (Phi) is 5.34. The van der Waals surface area contributed by atoms with Gasteiger partial charge >= 0.3 is 5.97 Å². The van der Waals surface area contributed by atoms with Crippen LogP contribution in [0.1, 0.15) is 29.7 Å². The molecule has 1 unspecified atom stereocenters. The standard InChI is InChI=1S/C25H24N2O2/c1-18(20-12-6-3-7-13-20)26-25-22(16-24(28)29)21-14-8-9-15-23(21)27(25)17-19-10-4-2-5-11-19/h2-15,18,26H,16-17H2,1H3,(H,28,29). The van der Waals surface area contributed by atoms with Crippen molar-refractivity contribution in [3.63, 3.8) is 0 Å². The Labute approximate surface area is 170 Å². The summed E-state index contributed by atoms with van der Waals surface area (Å²) in [4.78, 5) is 11.7. The van der Waals surface area contributed by atoms with Crippen molar-refractivity contribution in [1.82, 2.24) is 4.57 Å². The van der Waals surface area contributed by atoms with E-state index in [1.165, 1.54) is 5.56 Å². The first-order valence-electron chi connectivity index (χ1n) is 9.81. The number of carboxylic acid groups (broad SMARTS) is 1. The number of hydrogen-bond donors (Lipinski definition) is 2. The van der Waals surface area contributed by atoms with Gasteiger partial charge in [0, 0.05) is 23.5 Å². The summed E-state index contributed by atoms with van der Waals surface area (Å²) in [6, 6.07) is 28.5. The molecule has 0 radical (unpaired) electrons. The van der Waals surface area contributed by atoms with Crippen molar-refractivity contribution in [3.8, 4) is 0 Å². The fourth-order valence-corrected chi connectivity index (χ4v) is 3.83. The van der Waals surface area contributed by atoms with E-state index in [4.69, 9.17) is 0 Å². The number of rotatable bonds is 7. The van der Waals surface area contributed by atoms with Gasteiger partial charge in [0.15, 0.2) is 0 Å². The summed E-state index contributed by atoms with van der Waals surface area (Å²) in [7, 11) is 0. The average Bonchev–Trinajstić information content (AvgIpc) is 3.02. The summed E-state index contributed by atoms with van der Waals surface area (Å²) in [5.41, 5.74) is 4.19. The summed E-state index contributed by atoms with van der Waals surface area (Å²) in [6.45, 7) is 2.77. The van der Waals surface area contributed by atoms with Crippen LogP contribution >= 0.6 is 0 Å². The van der Waals surface area contributed by atoms with E-state index in [1.54, 1.807) is 0 Å². The minimum Gasteiger partial charge on any atom is -0.481 e. The molecule has 4 aromatic rings. The molecule has 0 saturated carbocycles. The Morgan fingerprint density at radius 1 is 0.931 bits per heavy atom. The number of fused-ring (bicyclic) bond motifs is 1. The van der Waals surface area contributed by atoms with Gasteiger partial charge < -0.3 is 15.0 Å². The normalized spacial score (nSPS) is 12.0. The molecule has 1 aromatic heterocycles. The molecule has 1 atom stereocenters. The van der Waals surface area contributed by atoms with Crippen LogP contribution in [0.25, 0.3) is 10.9 Å². The lowest BCUT2D eigenvalue weighted by Crippen LogP contribution is -2.14. The largest absolute Gasteiger partial charge is 0.481 e. The minimum absolute atomic E-state index is 0.0217. The van der Waals surface area contributed by atoms with Gasteiger partial charge in [0.2, 0.25) is 0 Å². The van der Waals surface area contributed by atoms with Crippen LogP contribution in [0.2, 0.25) is 0 Å². The highest BCUT2D eigenvalue weighted by Gasteiger charge is 2.21. The maximum Gasteiger partial charge on any atom is 0.307 e. The number of para-hydroxylation sites is 1. The lowest BCUT2D eigenvalue weighted by molar-refractivity contribution is -0.136. The zero-order valence-electron chi connectivity index (χ0n) is 16.4. The maximum atomic E-state index is 11.7. The molecule has 0 aliphatic heterocycles. The highest BCUT2D eigenvalue weighted by atomic mass is 16.4. The van der Waals surface area contributed by atoms with Crippen LogP contribution in [0.15, 0.2) is 84.9 Å². The molecule has 2 N–H and O–H groups in total. The average molecular weight is 384 g/mol. The molecular weight excluding hydrogens is 360 g/mol. The molecule has 0 fully saturated rings. The van der Waals surface area contributed by atoms with E-state index in [0.29, 0.717) is 6.54 Å². The minimum atomic E-state index is -0.831. The lowest BCUT2D eigenvalue weighted by atomic mass is 10.1. The fraction of sp³-hybridized carbons (Fsp3) is 0.160. The Hall–Kier alpha value is -3.53. The quantitative estimate of drug-likeness (QED) is 0.443. The zero-order valence-corrected chi connectivity index (χ0v) is 16.4. The van der Waals surface area contributed by atoms with Crippen molar-refractivity contribution in [2.75, 3.05) is 5.32 Å². The first-order chi connectivity index (χ1) is 14.1. The van der Waals surface area contributed by atoms with E-state index in [1.807, 2.05) is 54.6 Å². The van der Waals surface area contributed by atoms with Gasteiger partial charge in [-0.05, 0) is 24.1 Å². The smallest absolute Gasteiger partial charge is 0.307 e. The molecule has 4 heteroatoms. The maximum absolute atomic E-state index is 11.7. The summed E-state index contributed by atoms with van der Waals surface area (Å²) in [6.07, 6.45) is -0.0217. The number of benzene rings is 3. The van der Waals surface area contributed by atoms with Crippen molar-refractivity contribution < 1.29 is 9.90 Å². The SMILES string of the molecule is CC(Nc1c(CC(=O)O)c2ccccc2n1Cc1ccccc1)c1ccccc1. The predicted octanol–water partition coefficient (Wildman–Crippen LogP) is 5.49. The monoisotopic (exact) mass is 384 g/mol. The third-order valence-corrected chi connectivity index (χ3v) is 5.24. The summed E-state index contributed by atoms with van der Waals surface area (Å²) in [5, 5.41) is 14.2. The van der Waals surface area contributed by atoms with Gasteiger partial charge in [-0.1, -0.05) is 78.9 Å². The second-order valence-corrected chi connectivity index (χ2v) is 7.26. The number of carbonyl (C=O) groups is 1. The molecule has 29 heavy (non-hydrogen) atoms. The van der Waals surface area contributed by atoms with Gasteiger partial charge in [-0.25, -0.2) is 0 Å². The van der Waals surface area contributed by atoms with Crippen LogP contribution in [0.3, 0.4) is 0 Å². The highest BCUT2D eigenvalue weighted by molar-refractivity contribution is 5.93. The molecule has 0 amide bonds. The second kappa shape index (κ2) is 8.23. The topological polar surface area (TPSA) is 54.3 Å². The van der Waals surface area contributed by atoms with Gasteiger partial charge in [-0.15, -0.1) is 0 Å². The molecule has 4 nitrogen and oxygen atoms in total. The van der Waals surface area contributed by atoms with Gasteiger partial charge in [-0.3, -0.25) is 4.79 Å². The van der Waals surface area contributed by atoms with E-state index >= 15 is 0 Å². The van der Waals surface area contributed by atoms with E-state index < -0.39 is 5.97 Å². The van der Waals surface area contributed by atoms with Crippen molar-refractivity contribution >= 4 is 22.7 Å². The Morgan fingerprint density at radius 3 is 2.24 bits per heavy atom. The van der Waals surface area contributed by atoms with Gasteiger partial charge in [0.1, 0.15) is 5.82 Å². The number of aromatic nitrogens is 1. The van der Waals surface area contributed by atoms with Crippen molar-refractivity contribution in [2.45, 2.75) is 25.9 Å². The third-order valence-electron chi connectivity index (χ3n) is 5.24. The highest BCUT2D eigenvalue weighted by Crippen LogP contribution is 2.34. The van der Waals surface area contributed by atoms with Crippen molar-refractivity contribution in [1.29, 1.82) is 0 Å². The summed E-state index contributed by atoms with van der Waals surface area (Å²) >= 11 is 0. The van der Waals surface area contributed by atoms with Gasteiger partial charge in [0.05, 0.1) is 11.9 Å². The van der Waals surface area contributed by atoms with Crippen LogP contribution in [0, 0.1) is 0 Å². The number of aliphatic carboxylic acids is 1. The number of nitrogens with one attached hydrogen (secondary N) is 1. The number of carboxylic acids is 1.